The fourth-order valence-corrected chi connectivity index (χ4v) is 3.57. The van der Waals surface area contributed by atoms with Crippen LogP contribution in [0.5, 0.6) is 0 Å². The molecule has 2 aliphatic carbocycles. The molecule has 0 bridgehead atoms. The minimum atomic E-state index is 0.240. The van der Waals surface area contributed by atoms with E-state index in [0.29, 0.717) is 18.0 Å². The van der Waals surface area contributed by atoms with Crippen LogP contribution in [0.25, 0.3) is 0 Å². The first-order valence-corrected chi connectivity index (χ1v) is 7.34. The van der Waals surface area contributed by atoms with Crippen molar-refractivity contribution in [3.8, 4) is 0 Å². The van der Waals surface area contributed by atoms with Crippen LogP contribution >= 0.6 is 0 Å². The van der Waals surface area contributed by atoms with E-state index in [1.54, 1.807) is 14.2 Å². The Labute approximate surface area is 110 Å². The molecule has 4 unspecified atom stereocenters. The van der Waals surface area contributed by atoms with Gasteiger partial charge in [0.2, 0.25) is 0 Å². The summed E-state index contributed by atoms with van der Waals surface area (Å²) in [7, 11) is 3.53. The zero-order valence-electron chi connectivity index (χ0n) is 11.7. The van der Waals surface area contributed by atoms with E-state index in [1.807, 2.05) is 0 Å². The quantitative estimate of drug-likeness (QED) is 0.773. The van der Waals surface area contributed by atoms with Crippen LogP contribution in [0.1, 0.15) is 51.4 Å². The number of ketones is 1. The highest BCUT2D eigenvalue weighted by molar-refractivity contribution is 5.83. The van der Waals surface area contributed by atoms with E-state index in [-0.39, 0.29) is 11.8 Å². The van der Waals surface area contributed by atoms with Crippen molar-refractivity contribution in [3.05, 3.63) is 0 Å². The van der Waals surface area contributed by atoms with Gasteiger partial charge in [-0.15, -0.1) is 0 Å². The second-order valence-corrected chi connectivity index (χ2v) is 5.84. The molecule has 0 N–H and O–H groups in total. The zero-order chi connectivity index (χ0) is 13.0. The topological polar surface area (TPSA) is 35.5 Å². The fourth-order valence-electron chi connectivity index (χ4n) is 3.57. The predicted octanol–water partition coefficient (Wildman–Crippen LogP) is 2.97. The lowest BCUT2D eigenvalue weighted by molar-refractivity contribution is -0.132. The molecule has 18 heavy (non-hydrogen) atoms. The highest BCUT2D eigenvalue weighted by atomic mass is 16.5. The number of hydrogen-bond acceptors (Lipinski definition) is 3. The number of carbonyl (C=O) groups excluding carboxylic acids is 1. The van der Waals surface area contributed by atoms with E-state index in [2.05, 4.69) is 0 Å². The number of hydrogen-bond donors (Lipinski definition) is 0. The zero-order valence-corrected chi connectivity index (χ0v) is 11.7. The van der Waals surface area contributed by atoms with Crippen LogP contribution in [0.15, 0.2) is 0 Å². The van der Waals surface area contributed by atoms with Gasteiger partial charge in [-0.3, -0.25) is 4.79 Å². The van der Waals surface area contributed by atoms with Gasteiger partial charge >= 0.3 is 0 Å². The standard InChI is InChI=1S/C15H26O3/c1-17-13-7-3-5-11(9-13)15(16)12-6-4-8-14(10-12)18-2/h11-14H,3-10H2,1-2H3. The number of carbonyl (C=O) groups is 1. The lowest BCUT2D eigenvalue weighted by Gasteiger charge is -2.33. The van der Waals surface area contributed by atoms with E-state index in [4.69, 9.17) is 9.47 Å². The molecule has 2 aliphatic rings. The maximum atomic E-state index is 12.6. The van der Waals surface area contributed by atoms with Crippen molar-refractivity contribution >= 4 is 5.78 Å². The molecule has 0 aliphatic heterocycles. The Morgan fingerprint density at radius 1 is 0.833 bits per heavy atom. The van der Waals surface area contributed by atoms with E-state index >= 15 is 0 Å². The molecule has 2 saturated carbocycles. The summed E-state index contributed by atoms with van der Waals surface area (Å²) in [5.41, 5.74) is 0. The Balaban J connectivity index is 1.89. The number of ether oxygens (including phenoxy) is 2. The number of methoxy groups -OCH3 is 2. The minimum absolute atomic E-state index is 0.240. The summed E-state index contributed by atoms with van der Waals surface area (Å²) in [6, 6.07) is 0. The van der Waals surface area contributed by atoms with Crippen molar-refractivity contribution in [2.75, 3.05) is 14.2 Å². The van der Waals surface area contributed by atoms with Crippen molar-refractivity contribution in [1.29, 1.82) is 0 Å². The normalized spacial score (nSPS) is 37.4. The molecule has 2 rings (SSSR count). The fraction of sp³-hybridized carbons (Fsp3) is 0.933. The maximum absolute atomic E-state index is 12.6. The van der Waals surface area contributed by atoms with Crippen LogP contribution in [0.4, 0.5) is 0 Å². The Hall–Kier alpha value is -0.410. The molecule has 0 saturated heterocycles. The molecule has 4 atom stereocenters. The molecule has 0 amide bonds. The molecule has 3 heteroatoms. The van der Waals surface area contributed by atoms with Crippen molar-refractivity contribution in [2.24, 2.45) is 11.8 Å². The summed E-state index contributed by atoms with van der Waals surface area (Å²) in [5, 5.41) is 0. The molecule has 104 valence electrons. The number of Topliss-reactive ketones (excluding diaryl/α,β-unsaturated/α-hetero) is 1. The van der Waals surface area contributed by atoms with Gasteiger partial charge in [-0.2, -0.15) is 0 Å². The first-order valence-electron chi connectivity index (χ1n) is 7.34. The van der Waals surface area contributed by atoms with Crippen molar-refractivity contribution in [2.45, 2.75) is 63.6 Å². The van der Waals surface area contributed by atoms with E-state index in [1.165, 1.54) is 0 Å². The lowest BCUT2D eigenvalue weighted by atomic mass is 9.75. The SMILES string of the molecule is COC1CCCC(C(=O)C2CCCC(OC)C2)C1. The van der Waals surface area contributed by atoms with Crippen LogP contribution in [0, 0.1) is 11.8 Å². The lowest BCUT2D eigenvalue weighted by Crippen LogP contribution is -2.34. The van der Waals surface area contributed by atoms with Crippen LogP contribution in [-0.2, 0) is 14.3 Å². The third-order valence-electron chi connectivity index (χ3n) is 4.72. The number of rotatable bonds is 4. The van der Waals surface area contributed by atoms with E-state index in [0.717, 1.165) is 51.4 Å². The molecule has 0 aromatic carbocycles. The second kappa shape index (κ2) is 6.67. The average Bonchev–Trinajstić information content (AvgIpc) is 2.46. The van der Waals surface area contributed by atoms with Gasteiger partial charge in [-0.1, -0.05) is 12.8 Å². The van der Waals surface area contributed by atoms with Crippen LogP contribution in [-0.4, -0.2) is 32.2 Å². The van der Waals surface area contributed by atoms with Crippen LogP contribution in [0.2, 0.25) is 0 Å². The van der Waals surface area contributed by atoms with Gasteiger partial charge in [0.05, 0.1) is 12.2 Å². The summed E-state index contributed by atoms with van der Waals surface area (Å²) < 4.78 is 10.8. The molecule has 0 heterocycles. The summed E-state index contributed by atoms with van der Waals surface area (Å²) >= 11 is 0. The first kappa shape index (κ1) is 14.0. The van der Waals surface area contributed by atoms with Gasteiger partial charge in [0.1, 0.15) is 5.78 Å². The summed E-state index contributed by atoms with van der Waals surface area (Å²) in [6.07, 6.45) is 9.10. The highest BCUT2D eigenvalue weighted by Crippen LogP contribution is 2.34. The highest BCUT2D eigenvalue weighted by Gasteiger charge is 2.34. The first-order chi connectivity index (χ1) is 8.74. The summed E-state index contributed by atoms with van der Waals surface area (Å²) in [6.45, 7) is 0. The van der Waals surface area contributed by atoms with Gasteiger partial charge in [-0.05, 0) is 38.5 Å². The molecule has 0 spiro atoms. The van der Waals surface area contributed by atoms with E-state index < -0.39 is 0 Å². The van der Waals surface area contributed by atoms with Gasteiger partial charge in [-0.25, -0.2) is 0 Å². The Morgan fingerprint density at radius 2 is 1.28 bits per heavy atom. The van der Waals surface area contributed by atoms with Gasteiger partial charge in [0.15, 0.2) is 0 Å². The summed E-state index contributed by atoms with van der Waals surface area (Å²) in [5.74, 6) is 0.965. The van der Waals surface area contributed by atoms with Crippen molar-refractivity contribution < 1.29 is 14.3 Å². The molecular formula is C15H26O3. The van der Waals surface area contributed by atoms with E-state index in [9.17, 15) is 4.79 Å². The monoisotopic (exact) mass is 254 g/mol. The molecule has 0 aromatic heterocycles. The largest absolute Gasteiger partial charge is 0.381 e. The molecule has 0 aromatic rings. The Kier molecular flexibility index (Phi) is 5.19. The summed E-state index contributed by atoms with van der Waals surface area (Å²) in [4.78, 5) is 12.6. The van der Waals surface area contributed by atoms with Crippen LogP contribution in [0.3, 0.4) is 0 Å². The third kappa shape index (κ3) is 3.33. The van der Waals surface area contributed by atoms with Gasteiger partial charge in [0.25, 0.3) is 0 Å². The predicted molar refractivity (Wildman–Crippen MR) is 70.5 cm³/mol. The van der Waals surface area contributed by atoms with Gasteiger partial charge in [0, 0.05) is 26.1 Å². The average molecular weight is 254 g/mol. The minimum Gasteiger partial charge on any atom is -0.381 e. The Bertz CT molecular complexity index is 251. The van der Waals surface area contributed by atoms with Crippen LogP contribution < -0.4 is 0 Å². The smallest absolute Gasteiger partial charge is 0.139 e. The molecular weight excluding hydrogens is 228 g/mol. The molecule has 3 nitrogen and oxygen atoms in total. The molecule has 2 fully saturated rings. The third-order valence-corrected chi connectivity index (χ3v) is 4.72. The van der Waals surface area contributed by atoms with Crippen molar-refractivity contribution in [1.82, 2.24) is 0 Å². The van der Waals surface area contributed by atoms with Gasteiger partial charge < -0.3 is 9.47 Å². The van der Waals surface area contributed by atoms with Crippen molar-refractivity contribution in [3.63, 3.8) is 0 Å². The second-order valence-electron chi connectivity index (χ2n) is 5.84. The Morgan fingerprint density at radius 3 is 1.67 bits per heavy atom. The molecule has 0 radical (unpaired) electrons. The maximum Gasteiger partial charge on any atom is 0.139 e.